The van der Waals surface area contributed by atoms with Gasteiger partial charge in [0.05, 0.1) is 11.7 Å². The molecule has 1 aliphatic rings. The standard InChI is InChI=1S/C18H21N7O/c1-23-5-7-25(8-6-23)18(26)20-17-10-14-9-13(3-4-16(14)21-22-17)15-11-19-24(2)12-15/h3-4,9-12H,5-8H2,1-2H3,(H,20,22,26). The molecule has 0 unspecified atom stereocenters. The molecule has 1 N–H and O–H groups in total. The van der Waals surface area contributed by atoms with E-state index in [4.69, 9.17) is 0 Å². The Kier molecular flexibility index (Phi) is 4.26. The molecule has 0 radical (unpaired) electrons. The Labute approximate surface area is 151 Å². The molecule has 1 fully saturated rings. The number of piperazine rings is 1. The molecule has 26 heavy (non-hydrogen) atoms. The Morgan fingerprint density at radius 3 is 2.58 bits per heavy atom. The maximum atomic E-state index is 12.4. The highest BCUT2D eigenvalue weighted by molar-refractivity contribution is 5.91. The van der Waals surface area contributed by atoms with Gasteiger partial charge in [0.1, 0.15) is 0 Å². The average molecular weight is 351 g/mol. The van der Waals surface area contributed by atoms with Gasteiger partial charge in [0.2, 0.25) is 0 Å². The third-order valence-corrected chi connectivity index (χ3v) is 4.65. The minimum absolute atomic E-state index is 0.129. The van der Waals surface area contributed by atoms with Gasteiger partial charge in [-0.25, -0.2) is 4.79 Å². The number of nitrogens with zero attached hydrogens (tertiary/aromatic N) is 6. The molecule has 134 valence electrons. The van der Waals surface area contributed by atoms with Gasteiger partial charge in [-0.2, -0.15) is 5.10 Å². The number of rotatable bonds is 2. The Bertz CT molecular complexity index is 944. The van der Waals surface area contributed by atoms with Crippen LogP contribution in [0.3, 0.4) is 0 Å². The zero-order chi connectivity index (χ0) is 18.1. The zero-order valence-electron chi connectivity index (χ0n) is 14.9. The summed E-state index contributed by atoms with van der Waals surface area (Å²) < 4.78 is 1.77. The van der Waals surface area contributed by atoms with Gasteiger partial charge >= 0.3 is 6.03 Å². The van der Waals surface area contributed by atoms with Crippen molar-refractivity contribution < 1.29 is 4.79 Å². The molecule has 1 aromatic carbocycles. The third-order valence-electron chi connectivity index (χ3n) is 4.65. The number of anilines is 1. The fraction of sp³-hybridized carbons (Fsp3) is 0.333. The topological polar surface area (TPSA) is 79.2 Å². The van der Waals surface area contributed by atoms with Crippen molar-refractivity contribution >= 4 is 22.8 Å². The normalized spacial score (nSPS) is 15.4. The second kappa shape index (κ2) is 6.72. The molecule has 0 bridgehead atoms. The quantitative estimate of drug-likeness (QED) is 0.762. The number of benzene rings is 1. The van der Waals surface area contributed by atoms with E-state index >= 15 is 0 Å². The van der Waals surface area contributed by atoms with Crippen LogP contribution in [0.25, 0.3) is 22.0 Å². The SMILES string of the molecule is CN1CCN(C(=O)Nc2cc3cc(-c4cnn(C)c4)ccc3nn2)CC1. The van der Waals surface area contributed by atoms with Crippen molar-refractivity contribution in [3.63, 3.8) is 0 Å². The van der Waals surface area contributed by atoms with E-state index in [1.54, 1.807) is 9.58 Å². The molecule has 8 heteroatoms. The predicted octanol–water partition coefficient (Wildman–Crippen LogP) is 1.81. The van der Waals surface area contributed by atoms with E-state index in [-0.39, 0.29) is 6.03 Å². The van der Waals surface area contributed by atoms with E-state index in [1.807, 2.05) is 43.7 Å². The molecule has 0 saturated carbocycles. The van der Waals surface area contributed by atoms with Crippen LogP contribution in [0.5, 0.6) is 0 Å². The maximum Gasteiger partial charge on any atom is 0.323 e. The predicted molar refractivity (Wildman–Crippen MR) is 99.8 cm³/mol. The highest BCUT2D eigenvalue weighted by atomic mass is 16.2. The minimum Gasteiger partial charge on any atom is -0.322 e. The van der Waals surface area contributed by atoms with E-state index in [9.17, 15) is 4.79 Å². The number of carbonyl (C=O) groups is 1. The van der Waals surface area contributed by atoms with Crippen LogP contribution >= 0.6 is 0 Å². The number of nitrogens with one attached hydrogen (secondary N) is 1. The fourth-order valence-corrected chi connectivity index (χ4v) is 3.05. The number of amides is 2. The molecule has 1 aliphatic heterocycles. The van der Waals surface area contributed by atoms with Crippen LogP contribution < -0.4 is 5.32 Å². The first-order valence-electron chi connectivity index (χ1n) is 8.59. The first kappa shape index (κ1) is 16.5. The van der Waals surface area contributed by atoms with Gasteiger partial charge in [-0.15, -0.1) is 10.2 Å². The van der Waals surface area contributed by atoms with Crippen LogP contribution in [0, 0.1) is 0 Å². The van der Waals surface area contributed by atoms with Crippen LogP contribution in [0.2, 0.25) is 0 Å². The fourth-order valence-electron chi connectivity index (χ4n) is 3.05. The molecular weight excluding hydrogens is 330 g/mol. The Hall–Kier alpha value is -3.00. The van der Waals surface area contributed by atoms with Crippen molar-refractivity contribution in [3.05, 3.63) is 36.7 Å². The van der Waals surface area contributed by atoms with Crippen molar-refractivity contribution in [1.29, 1.82) is 0 Å². The number of hydrogen-bond acceptors (Lipinski definition) is 5. The molecular formula is C18H21N7O. The van der Waals surface area contributed by atoms with Gasteiger partial charge < -0.3 is 9.80 Å². The lowest BCUT2D eigenvalue weighted by atomic mass is 10.1. The number of fused-ring (bicyclic) bond motifs is 1. The van der Waals surface area contributed by atoms with E-state index in [2.05, 4.69) is 32.6 Å². The lowest BCUT2D eigenvalue weighted by molar-refractivity contribution is 0.164. The van der Waals surface area contributed by atoms with Gasteiger partial charge in [-0.1, -0.05) is 6.07 Å². The summed E-state index contributed by atoms with van der Waals surface area (Å²) in [6.07, 6.45) is 3.79. The largest absolute Gasteiger partial charge is 0.323 e. The average Bonchev–Trinajstić information content (AvgIpc) is 3.08. The van der Waals surface area contributed by atoms with Crippen LogP contribution in [0.1, 0.15) is 0 Å². The number of carbonyl (C=O) groups excluding carboxylic acids is 1. The number of urea groups is 1. The van der Waals surface area contributed by atoms with Crippen LogP contribution in [0.15, 0.2) is 36.7 Å². The molecule has 3 heterocycles. The lowest BCUT2D eigenvalue weighted by Crippen LogP contribution is -2.48. The molecule has 0 aliphatic carbocycles. The Balaban J connectivity index is 1.55. The molecule has 8 nitrogen and oxygen atoms in total. The van der Waals surface area contributed by atoms with Gasteiger partial charge in [-0.05, 0) is 30.8 Å². The van der Waals surface area contributed by atoms with Crippen molar-refractivity contribution in [2.24, 2.45) is 7.05 Å². The monoisotopic (exact) mass is 351 g/mol. The summed E-state index contributed by atoms with van der Waals surface area (Å²) in [5.41, 5.74) is 2.87. The highest BCUT2D eigenvalue weighted by Crippen LogP contribution is 2.24. The zero-order valence-corrected chi connectivity index (χ0v) is 14.9. The summed E-state index contributed by atoms with van der Waals surface area (Å²) in [7, 11) is 3.95. The highest BCUT2D eigenvalue weighted by Gasteiger charge is 2.19. The molecule has 1 saturated heterocycles. The van der Waals surface area contributed by atoms with E-state index < -0.39 is 0 Å². The van der Waals surface area contributed by atoms with Gasteiger partial charge in [-0.3, -0.25) is 10.00 Å². The number of aromatic nitrogens is 4. The summed E-state index contributed by atoms with van der Waals surface area (Å²) >= 11 is 0. The number of hydrogen-bond donors (Lipinski definition) is 1. The van der Waals surface area contributed by atoms with Gasteiger partial charge in [0.25, 0.3) is 0 Å². The van der Waals surface area contributed by atoms with E-state index in [1.165, 1.54) is 0 Å². The Morgan fingerprint density at radius 1 is 1.04 bits per heavy atom. The summed E-state index contributed by atoms with van der Waals surface area (Å²) in [6, 6.07) is 7.69. The van der Waals surface area contributed by atoms with Crippen molar-refractivity contribution in [2.75, 3.05) is 38.5 Å². The third kappa shape index (κ3) is 3.36. The Morgan fingerprint density at radius 2 is 1.85 bits per heavy atom. The molecule has 2 amide bonds. The van der Waals surface area contributed by atoms with Crippen molar-refractivity contribution in [2.45, 2.75) is 0 Å². The minimum atomic E-state index is -0.129. The van der Waals surface area contributed by atoms with Gasteiger partial charge in [0.15, 0.2) is 5.82 Å². The summed E-state index contributed by atoms with van der Waals surface area (Å²) in [5, 5.41) is 16.3. The summed E-state index contributed by atoms with van der Waals surface area (Å²) in [4.78, 5) is 16.4. The van der Waals surface area contributed by atoms with E-state index in [0.29, 0.717) is 18.9 Å². The first-order valence-corrected chi connectivity index (χ1v) is 8.59. The van der Waals surface area contributed by atoms with Crippen LogP contribution in [0.4, 0.5) is 10.6 Å². The molecule has 0 atom stereocenters. The molecule has 2 aromatic heterocycles. The smallest absolute Gasteiger partial charge is 0.322 e. The molecule has 3 aromatic rings. The molecule has 0 spiro atoms. The van der Waals surface area contributed by atoms with Crippen molar-refractivity contribution in [1.82, 2.24) is 29.8 Å². The second-order valence-electron chi connectivity index (χ2n) is 6.63. The van der Waals surface area contributed by atoms with Crippen LogP contribution in [-0.2, 0) is 7.05 Å². The van der Waals surface area contributed by atoms with Crippen molar-refractivity contribution in [3.8, 4) is 11.1 Å². The lowest BCUT2D eigenvalue weighted by Gasteiger charge is -2.32. The number of likely N-dealkylation sites (N-methyl/N-ethyl adjacent to an activating group) is 1. The number of aryl methyl sites for hydroxylation is 1. The van der Waals surface area contributed by atoms with Crippen LogP contribution in [-0.4, -0.2) is 69.0 Å². The first-order chi connectivity index (χ1) is 12.6. The van der Waals surface area contributed by atoms with E-state index in [0.717, 1.165) is 35.1 Å². The molecule has 4 rings (SSSR count). The second-order valence-corrected chi connectivity index (χ2v) is 6.63. The summed E-state index contributed by atoms with van der Waals surface area (Å²) in [5.74, 6) is 0.463. The van der Waals surface area contributed by atoms with Gasteiger partial charge in [0, 0.05) is 50.4 Å². The summed E-state index contributed by atoms with van der Waals surface area (Å²) in [6.45, 7) is 3.19. The maximum absolute atomic E-state index is 12.4.